The highest BCUT2D eigenvalue weighted by Crippen LogP contribution is 2.33. The van der Waals surface area contributed by atoms with E-state index in [9.17, 15) is 4.79 Å². The first-order valence-electron chi connectivity index (χ1n) is 6.09. The summed E-state index contributed by atoms with van der Waals surface area (Å²) < 4.78 is 0. The zero-order chi connectivity index (χ0) is 11.4. The van der Waals surface area contributed by atoms with Crippen LogP contribution in [0.3, 0.4) is 0 Å². The maximum atomic E-state index is 11.6. The molecular weight excluding hydrogens is 198 g/mol. The van der Waals surface area contributed by atoms with E-state index in [2.05, 4.69) is 17.4 Å². The molecule has 1 aliphatic carbocycles. The second-order valence-electron chi connectivity index (χ2n) is 4.56. The minimum absolute atomic E-state index is 0.167. The molecule has 1 aromatic carbocycles. The third kappa shape index (κ3) is 2.50. The standard InChI is InChI=1S/C14H19NO/c1-15-10-14(16)13-8-6-12(7-9-13)11-4-2-3-5-11/h6-9,11,15H,2-5,10H2,1H3. The van der Waals surface area contributed by atoms with E-state index in [0.29, 0.717) is 6.54 Å². The molecule has 0 amide bonds. The normalized spacial score (nSPS) is 16.6. The van der Waals surface area contributed by atoms with Crippen LogP contribution < -0.4 is 5.32 Å². The molecule has 2 rings (SSSR count). The third-order valence-electron chi connectivity index (χ3n) is 3.40. The highest BCUT2D eigenvalue weighted by atomic mass is 16.1. The van der Waals surface area contributed by atoms with Crippen LogP contribution in [0.5, 0.6) is 0 Å². The Morgan fingerprint density at radius 3 is 2.44 bits per heavy atom. The van der Waals surface area contributed by atoms with Gasteiger partial charge in [-0.2, -0.15) is 0 Å². The number of Topliss-reactive ketones (excluding diaryl/α,β-unsaturated/α-hetero) is 1. The van der Waals surface area contributed by atoms with Gasteiger partial charge in [-0.25, -0.2) is 0 Å². The summed E-state index contributed by atoms with van der Waals surface area (Å²) in [6.07, 6.45) is 5.32. The maximum Gasteiger partial charge on any atom is 0.176 e. The van der Waals surface area contributed by atoms with Crippen molar-refractivity contribution in [2.45, 2.75) is 31.6 Å². The number of hydrogen-bond donors (Lipinski definition) is 1. The summed E-state index contributed by atoms with van der Waals surface area (Å²) in [5, 5.41) is 2.89. The van der Waals surface area contributed by atoms with Gasteiger partial charge in [0.05, 0.1) is 6.54 Å². The van der Waals surface area contributed by atoms with E-state index in [1.165, 1.54) is 31.2 Å². The summed E-state index contributed by atoms with van der Waals surface area (Å²) in [6, 6.07) is 8.18. The summed E-state index contributed by atoms with van der Waals surface area (Å²) in [7, 11) is 1.80. The fourth-order valence-corrected chi connectivity index (χ4v) is 2.46. The van der Waals surface area contributed by atoms with Crippen molar-refractivity contribution in [2.24, 2.45) is 0 Å². The molecule has 1 aliphatic rings. The highest BCUT2D eigenvalue weighted by Gasteiger charge is 2.16. The molecule has 0 spiro atoms. The van der Waals surface area contributed by atoms with E-state index >= 15 is 0 Å². The first kappa shape index (κ1) is 11.3. The van der Waals surface area contributed by atoms with Crippen LogP contribution in [0.25, 0.3) is 0 Å². The predicted octanol–water partition coefficient (Wildman–Crippen LogP) is 2.75. The van der Waals surface area contributed by atoms with Crippen LogP contribution in [-0.2, 0) is 0 Å². The minimum Gasteiger partial charge on any atom is -0.313 e. The Morgan fingerprint density at radius 2 is 1.88 bits per heavy atom. The van der Waals surface area contributed by atoms with Gasteiger partial charge in [-0.15, -0.1) is 0 Å². The Labute approximate surface area is 97.1 Å². The molecule has 0 atom stereocenters. The van der Waals surface area contributed by atoms with Crippen LogP contribution >= 0.6 is 0 Å². The van der Waals surface area contributed by atoms with Gasteiger partial charge >= 0.3 is 0 Å². The predicted molar refractivity (Wildman–Crippen MR) is 65.9 cm³/mol. The Hall–Kier alpha value is -1.15. The van der Waals surface area contributed by atoms with Crippen molar-refractivity contribution >= 4 is 5.78 Å². The number of benzene rings is 1. The third-order valence-corrected chi connectivity index (χ3v) is 3.40. The van der Waals surface area contributed by atoms with Crippen molar-refractivity contribution in [2.75, 3.05) is 13.6 Å². The summed E-state index contributed by atoms with van der Waals surface area (Å²) >= 11 is 0. The van der Waals surface area contributed by atoms with Crippen molar-refractivity contribution in [3.63, 3.8) is 0 Å². The second-order valence-corrected chi connectivity index (χ2v) is 4.56. The lowest BCUT2D eigenvalue weighted by Crippen LogP contribution is -2.18. The molecule has 0 radical (unpaired) electrons. The van der Waals surface area contributed by atoms with E-state index in [1.807, 2.05) is 12.1 Å². The molecule has 0 aromatic heterocycles. The molecule has 1 fully saturated rings. The quantitative estimate of drug-likeness (QED) is 0.786. The van der Waals surface area contributed by atoms with Crippen molar-refractivity contribution in [3.8, 4) is 0 Å². The second kappa shape index (κ2) is 5.26. The van der Waals surface area contributed by atoms with Gasteiger partial charge in [-0.05, 0) is 31.4 Å². The highest BCUT2D eigenvalue weighted by molar-refractivity contribution is 5.97. The van der Waals surface area contributed by atoms with Crippen LogP contribution in [-0.4, -0.2) is 19.4 Å². The number of rotatable bonds is 4. The van der Waals surface area contributed by atoms with E-state index < -0.39 is 0 Å². The molecule has 16 heavy (non-hydrogen) atoms. The molecule has 0 saturated heterocycles. The van der Waals surface area contributed by atoms with Crippen LogP contribution in [0, 0.1) is 0 Å². The largest absolute Gasteiger partial charge is 0.313 e. The van der Waals surface area contributed by atoms with Crippen LogP contribution in [0.2, 0.25) is 0 Å². The van der Waals surface area contributed by atoms with E-state index in [4.69, 9.17) is 0 Å². The molecule has 0 unspecified atom stereocenters. The average Bonchev–Trinajstić information content (AvgIpc) is 2.83. The number of hydrogen-bond acceptors (Lipinski definition) is 2. The molecule has 1 aromatic rings. The number of carbonyl (C=O) groups excluding carboxylic acids is 1. The van der Waals surface area contributed by atoms with Gasteiger partial charge < -0.3 is 5.32 Å². The van der Waals surface area contributed by atoms with E-state index in [1.54, 1.807) is 7.05 Å². The van der Waals surface area contributed by atoms with Gasteiger partial charge in [0.1, 0.15) is 0 Å². The Kier molecular flexibility index (Phi) is 3.73. The molecule has 86 valence electrons. The van der Waals surface area contributed by atoms with Gasteiger partial charge in [0.2, 0.25) is 0 Å². The first-order chi connectivity index (χ1) is 7.81. The molecule has 1 saturated carbocycles. The van der Waals surface area contributed by atoms with E-state index in [-0.39, 0.29) is 5.78 Å². The van der Waals surface area contributed by atoms with Gasteiger partial charge in [-0.1, -0.05) is 37.1 Å². The zero-order valence-corrected chi connectivity index (χ0v) is 9.83. The van der Waals surface area contributed by atoms with Gasteiger partial charge in [-0.3, -0.25) is 4.79 Å². The fraction of sp³-hybridized carbons (Fsp3) is 0.500. The van der Waals surface area contributed by atoms with Crippen LogP contribution in [0.4, 0.5) is 0 Å². The Balaban J connectivity index is 2.06. The smallest absolute Gasteiger partial charge is 0.176 e. The van der Waals surface area contributed by atoms with Crippen molar-refractivity contribution in [1.82, 2.24) is 5.32 Å². The fourth-order valence-electron chi connectivity index (χ4n) is 2.46. The molecular formula is C14H19NO. The lowest BCUT2D eigenvalue weighted by molar-refractivity contribution is 0.0993. The SMILES string of the molecule is CNCC(=O)c1ccc(C2CCCC2)cc1. The molecule has 2 heteroatoms. The number of likely N-dealkylation sites (N-methyl/N-ethyl adjacent to an activating group) is 1. The molecule has 0 heterocycles. The van der Waals surface area contributed by atoms with E-state index in [0.717, 1.165) is 11.5 Å². The zero-order valence-electron chi connectivity index (χ0n) is 9.83. The van der Waals surface area contributed by atoms with Crippen LogP contribution in [0.1, 0.15) is 47.5 Å². The van der Waals surface area contributed by atoms with Crippen molar-refractivity contribution in [1.29, 1.82) is 0 Å². The van der Waals surface area contributed by atoms with Gasteiger partial charge in [0, 0.05) is 5.56 Å². The number of ketones is 1. The summed E-state index contributed by atoms with van der Waals surface area (Å²) in [5.74, 6) is 0.897. The van der Waals surface area contributed by atoms with Crippen molar-refractivity contribution in [3.05, 3.63) is 35.4 Å². The summed E-state index contributed by atoms with van der Waals surface area (Å²) in [5.41, 5.74) is 2.22. The monoisotopic (exact) mass is 217 g/mol. The molecule has 0 bridgehead atoms. The topological polar surface area (TPSA) is 29.1 Å². The maximum absolute atomic E-state index is 11.6. The van der Waals surface area contributed by atoms with Gasteiger partial charge in [0.25, 0.3) is 0 Å². The average molecular weight is 217 g/mol. The summed E-state index contributed by atoms with van der Waals surface area (Å²) in [4.78, 5) is 11.6. The Morgan fingerprint density at radius 1 is 1.25 bits per heavy atom. The van der Waals surface area contributed by atoms with Gasteiger partial charge in [0.15, 0.2) is 5.78 Å². The number of nitrogens with one attached hydrogen (secondary N) is 1. The number of carbonyl (C=O) groups is 1. The van der Waals surface area contributed by atoms with Crippen molar-refractivity contribution < 1.29 is 4.79 Å². The lowest BCUT2D eigenvalue weighted by atomic mass is 9.96. The first-order valence-corrected chi connectivity index (χ1v) is 6.09. The van der Waals surface area contributed by atoms with Crippen LogP contribution in [0.15, 0.2) is 24.3 Å². The molecule has 2 nitrogen and oxygen atoms in total. The molecule has 0 aliphatic heterocycles. The molecule has 1 N–H and O–H groups in total. The Bertz CT molecular complexity index is 350. The summed E-state index contributed by atoms with van der Waals surface area (Å²) in [6.45, 7) is 0.419. The minimum atomic E-state index is 0.167. The lowest BCUT2D eigenvalue weighted by Gasteiger charge is -2.09.